The van der Waals surface area contributed by atoms with Crippen LogP contribution in [-0.2, 0) is 22.4 Å². The van der Waals surface area contributed by atoms with Crippen molar-refractivity contribution in [3.8, 4) is 0 Å². The summed E-state index contributed by atoms with van der Waals surface area (Å²) in [5.74, 6) is -0.123. The van der Waals surface area contributed by atoms with Crippen LogP contribution < -0.4 is 0 Å². The second-order valence-electron chi connectivity index (χ2n) is 6.18. The molecule has 0 saturated heterocycles. The maximum absolute atomic E-state index is 12.2. The Kier molecular flexibility index (Phi) is 4.41. The molecule has 3 rings (SSSR count). The van der Waals surface area contributed by atoms with Gasteiger partial charge < -0.3 is 14.6 Å². The minimum Gasteiger partial charge on any atom is -0.464 e. The topological polar surface area (TPSA) is 45.3 Å². The fourth-order valence-electron chi connectivity index (χ4n) is 3.05. The van der Waals surface area contributed by atoms with Crippen LogP contribution in [0.25, 0.3) is 10.9 Å². The average molecular weight is 321 g/mol. The van der Waals surface area contributed by atoms with Crippen LogP contribution in [0.1, 0.15) is 17.7 Å². The van der Waals surface area contributed by atoms with Crippen molar-refractivity contribution in [1.29, 1.82) is 0 Å². The van der Waals surface area contributed by atoms with Gasteiger partial charge in [-0.1, -0.05) is 11.6 Å². The summed E-state index contributed by atoms with van der Waals surface area (Å²) in [4.78, 5) is 17.6. The molecule has 4 nitrogen and oxygen atoms in total. The maximum Gasteiger partial charge on any atom is 0.309 e. The van der Waals surface area contributed by atoms with E-state index in [-0.39, 0.29) is 11.9 Å². The lowest BCUT2D eigenvalue weighted by Crippen LogP contribution is -2.27. The molecule has 1 aliphatic carbocycles. The number of carbonyl (C=O) groups is 1. The van der Waals surface area contributed by atoms with Crippen LogP contribution in [0.3, 0.4) is 0 Å². The highest BCUT2D eigenvalue weighted by atomic mass is 35.5. The number of hydrogen-bond acceptors (Lipinski definition) is 3. The van der Waals surface area contributed by atoms with Gasteiger partial charge in [0.1, 0.15) is 6.61 Å². The largest absolute Gasteiger partial charge is 0.464 e. The Balaban J connectivity index is 1.71. The smallest absolute Gasteiger partial charge is 0.309 e. The highest BCUT2D eigenvalue weighted by Crippen LogP contribution is 2.33. The number of esters is 1. The number of hydrogen-bond donors (Lipinski definition) is 1. The number of nitrogens with zero attached hydrogens (tertiary/aromatic N) is 1. The number of aryl methyl sites for hydroxylation is 1. The van der Waals surface area contributed by atoms with Crippen molar-refractivity contribution in [3.63, 3.8) is 0 Å². The molecule has 5 heteroatoms. The molecule has 0 bridgehead atoms. The van der Waals surface area contributed by atoms with Crippen molar-refractivity contribution < 1.29 is 9.53 Å². The Labute approximate surface area is 135 Å². The number of rotatable bonds is 4. The van der Waals surface area contributed by atoms with E-state index in [1.807, 2.05) is 37.2 Å². The van der Waals surface area contributed by atoms with Gasteiger partial charge in [0.05, 0.1) is 5.92 Å². The van der Waals surface area contributed by atoms with E-state index < -0.39 is 0 Å². The Morgan fingerprint density at radius 1 is 1.45 bits per heavy atom. The zero-order valence-corrected chi connectivity index (χ0v) is 13.7. The monoisotopic (exact) mass is 320 g/mol. The van der Waals surface area contributed by atoms with Gasteiger partial charge in [0.2, 0.25) is 0 Å². The molecule has 1 atom stereocenters. The summed E-state index contributed by atoms with van der Waals surface area (Å²) in [5, 5.41) is 1.93. The van der Waals surface area contributed by atoms with Crippen LogP contribution in [0.15, 0.2) is 18.2 Å². The number of benzene rings is 1. The van der Waals surface area contributed by atoms with E-state index in [4.69, 9.17) is 16.3 Å². The van der Waals surface area contributed by atoms with Crippen LogP contribution in [-0.4, -0.2) is 43.1 Å². The van der Waals surface area contributed by atoms with Crippen LogP contribution in [0.5, 0.6) is 0 Å². The molecular formula is C17H21ClN2O2. The number of aromatic amines is 1. The highest BCUT2D eigenvalue weighted by molar-refractivity contribution is 6.31. The number of H-pyrrole nitrogens is 1. The quantitative estimate of drug-likeness (QED) is 0.881. The lowest BCUT2D eigenvalue weighted by Gasteiger charge is -2.21. The number of carbonyl (C=O) groups excluding carboxylic acids is 1. The standard InChI is InChI=1S/C17H21ClN2O2/c1-20(2)7-8-22-17(21)11-3-5-13-14-10-12(18)4-6-15(14)19-16(13)9-11/h4,6,10-11,19H,3,5,7-9H2,1-2H3. The molecule has 1 aliphatic rings. The van der Waals surface area contributed by atoms with Gasteiger partial charge in [0.15, 0.2) is 0 Å². The number of ether oxygens (including phenoxy) is 1. The first-order valence-electron chi connectivity index (χ1n) is 7.65. The molecule has 1 aromatic heterocycles. The third-order valence-electron chi connectivity index (χ3n) is 4.27. The van der Waals surface area contributed by atoms with Crippen molar-refractivity contribution in [1.82, 2.24) is 9.88 Å². The van der Waals surface area contributed by atoms with Crippen molar-refractivity contribution in [2.45, 2.75) is 19.3 Å². The first-order valence-corrected chi connectivity index (χ1v) is 8.02. The van der Waals surface area contributed by atoms with Gasteiger partial charge in [0.25, 0.3) is 0 Å². The van der Waals surface area contributed by atoms with Crippen LogP contribution >= 0.6 is 11.6 Å². The van der Waals surface area contributed by atoms with Gasteiger partial charge in [-0.05, 0) is 50.7 Å². The van der Waals surface area contributed by atoms with Crippen molar-refractivity contribution in [3.05, 3.63) is 34.5 Å². The minimum atomic E-state index is -0.0795. The first kappa shape index (κ1) is 15.4. The molecule has 0 aliphatic heterocycles. The average Bonchev–Trinajstić information content (AvgIpc) is 2.83. The van der Waals surface area contributed by atoms with Gasteiger partial charge in [-0.2, -0.15) is 0 Å². The van der Waals surface area contributed by atoms with Gasteiger partial charge in [-0.15, -0.1) is 0 Å². The summed E-state index contributed by atoms with van der Waals surface area (Å²) < 4.78 is 5.38. The molecule has 0 saturated carbocycles. The summed E-state index contributed by atoms with van der Waals surface area (Å²) >= 11 is 6.09. The van der Waals surface area contributed by atoms with E-state index in [1.54, 1.807) is 0 Å². The Morgan fingerprint density at radius 2 is 2.27 bits per heavy atom. The predicted octanol–water partition coefficient (Wildman–Crippen LogP) is 3.03. The molecule has 1 N–H and O–H groups in total. The summed E-state index contributed by atoms with van der Waals surface area (Å²) in [6.45, 7) is 1.21. The second-order valence-corrected chi connectivity index (χ2v) is 6.62. The van der Waals surface area contributed by atoms with E-state index in [1.165, 1.54) is 10.9 Å². The lowest BCUT2D eigenvalue weighted by atomic mass is 9.87. The SMILES string of the molecule is CN(C)CCOC(=O)C1CCc2c([nH]c3ccc(Cl)cc23)C1. The van der Waals surface area contributed by atoms with Gasteiger partial charge >= 0.3 is 5.97 Å². The predicted molar refractivity (Wildman–Crippen MR) is 88.3 cm³/mol. The van der Waals surface area contributed by atoms with Crippen molar-refractivity contribution in [2.24, 2.45) is 5.92 Å². The van der Waals surface area contributed by atoms with Gasteiger partial charge in [-0.25, -0.2) is 0 Å². The lowest BCUT2D eigenvalue weighted by molar-refractivity contribution is -0.149. The first-order chi connectivity index (χ1) is 10.5. The molecule has 1 heterocycles. The number of fused-ring (bicyclic) bond motifs is 3. The molecule has 1 aromatic carbocycles. The van der Waals surface area contributed by atoms with Crippen LogP contribution in [0, 0.1) is 5.92 Å². The molecule has 0 fully saturated rings. The summed E-state index contributed by atoms with van der Waals surface area (Å²) in [6, 6.07) is 5.89. The molecule has 0 spiro atoms. The van der Waals surface area contributed by atoms with Crippen molar-refractivity contribution in [2.75, 3.05) is 27.2 Å². The fourth-order valence-corrected chi connectivity index (χ4v) is 3.22. The molecule has 22 heavy (non-hydrogen) atoms. The Hall–Kier alpha value is -1.52. The van der Waals surface area contributed by atoms with E-state index in [0.29, 0.717) is 6.61 Å². The van der Waals surface area contributed by atoms with E-state index in [2.05, 4.69) is 4.98 Å². The normalized spacial score (nSPS) is 17.7. The fraction of sp³-hybridized carbons (Fsp3) is 0.471. The number of aromatic nitrogens is 1. The number of halogens is 1. The number of nitrogens with one attached hydrogen (secondary N) is 1. The minimum absolute atomic E-state index is 0.0433. The van der Waals surface area contributed by atoms with Gasteiger partial charge in [-0.3, -0.25) is 4.79 Å². The van der Waals surface area contributed by atoms with E-state index >= 15 is 0 Å². The number of likely N-dealkylation sites (N-methyl/N-ethyl adjacent to an activating group) is 1. The molecule has 0 radical (unpaired) electrons. The molecule has 1 unspecified atom stereocenters. The maximum atomic E-state index is 12.2. The molecule has 2 aromatic rings. The zero-order chi connectivity index (χ0) is 15.7. The molecule has 0 amide bonds. The Bertz CT molecular complexity index is 693. The molecule has 118 valence electrons. The molecular weight excluding hydrogens is 300 g/mol. The van der Waals surface area contributed by atoms with E-state index in [9.17, 15) is 4.79 Å². The third kappa shape index (κ3) is 3.13. The third-order valence-corrected chi connectivity index (χ3v) is 4.50. The van der Waals surface area contributed by atoms with E-state index in [0.717, 1.165) is 42.0 Å². The zero-order valence-electron chi connectivity index (χ0n) is 13.0. The van der Waals surface area contributed by atoms with Crippen molar-refractivity contribution >= 4 is 28.5 Å². The van der Waals surface area contributed by atoms with Crippen LogP contribution in [0.4, 0.5) is 0 Å². The summed E-state index contributed by atoms with van der Waals surface area (Å²) in [7, 11) is 3.94. The van der Waals surface area contributed by atoms with Gasteiger partial charge in [0, 0.05) is 34.6 Å². The highest BCUT2D eigenvalue weighted by Gasteiger charge is 2.28. The Morgan fingerprint density at radius 3 is 3.05 bits per heavy atom. The second kappa shape index (κ2) is 6.31. The van der Waals surface area contributed by atoms with Crippen LogP contribution in [0.2, 0.25) is 5.02 Å². The summed E-state index contributed by atoms with van der Waals surface area (Å²) in [6.07, 6.45) is 2.46. The summed E-state index contributed by atoms with van der Waals surface area (Å²) in [5.41, 5.74) is 3.55.